The van der Waals surface area contributed by atoms with Crippen LogP contribution in [-0.2, 0) is 4.74 Å². The average Bonchev–Trinajstić information content (AvgIpc) is 2.73. The number of unbranched alkanes of at least 4 members (excludes halogenated alkanes) is 1. The second-order valence-corrected chi connectivity index (χ2v) is 6.58. The number of carbonyl (C=O) groups is 2. The fourth-order valence-corrected chi connectivity index (χ4v) is 2.53. The first-order valence-corrected chi connectivity index (χ1v) is 9.28. The van der Waals surface area contributed by atoms with Gasteiger partial charge < -0.3 is 9.64 Å². The lowest BCUT2D eigenvalue weighted by molar-refractivity contribution is 0.0600. The number of nitrogens with zero attached hydrogens (tertiary/aromatic N) is 3. The van der Waals surface area contributed by atoms with Crippen LogP contribution in [0.2, 0.25) is 0 Å². The Morgan fingerprint density at radius 1 is 1.00 bits per heavy atom. The Bertz CT molecular complexity index is 812. The van der Waals surface area contributed by atoms with Gasteiger partial charge in [0.1, 0.15) is 0 Å². The third-order valence-corrected chi connectivity index (χ3v) is 4.27. The maximum absolute atomic E-state index is 12.9. The molecule has 0 aliphatic carbocycles. The van der Waals surface area contributed by atoms with Crippen molar-refractivity contribution in [2.45, 2.75) is 19.8 Å². The predicted octanol–water partition coefficient (Wildman–Crippen LogP) is 3.82. The number of rotatable bonds is 8. The molecule has 0 aromatic heterocycles. The van der Waals surface area contributed by atoms with E-state index in [0.717, 1.165) is 24.1 Å². The molecule has 0 bridgehead atoms. The summed E-state index contributed by atoms with van der Waals surface area (Å²) in [6.07, 6.45) is 3.45. The quantitative estimate of drug-likeness (QED) is 0.396. The van der Waals surface area contributed by atoms with Gasteiger partial charge in [-0.3, -0.25) is 4.79 Å². The second-order valence-electron chi connectivity index (χ2n) is 6.58. The minimum atomic E-state index is -0.385. The lowest BCUT2D eigenvalue weighted by Gasteiger charge is -2.18. The Morgan fingerprint density at radius 3 is 2.14 bits per heavy atom. The second kappa shape index (κ2) is 10.3. The molecule has 0 heterocycles. The number of hydrogen-bond donors (Lipinski definition) is 0. The number of benzene rings is 2. The molecule has 0 spiro atoms. The fraction of sp³-hybridized carbons (Fsp3) is 0.318. The monoisotopic (exact) mass is 381 g/mol. The van der Waals surface area contributed by atoms with E-state index in [1.807, 2.05) is 43.3 Å². The molecule has 0 atom stereocenters. The summed E-state index contributed by atoms with van der Waals surface area (Å²) >= 11 is 0. The summed E-state index contributed by atoms with van der Waals surface area (Å²) in [6.45, 7) is 2.62. The summed E-state index contributed by atoms with van der Waals surface area (Å²) in [7, 11) is 5.26. The smallest absolute Gasteiger partial charge is 0.337 e. The van der Waals surface area contributed by atoms with Crippen LogP contribution in [0.5, 0.6) is 0 Å². The molecule has 0 saturated heterocycles. The number of carbonyl (C=O) groups excluding carboxylic acids is 2. The van der Waals surface area contributed by atoms with Crippen LogP contribution in [0, 0.1) is 0 Å². The first kappa shape index (κ1) is 21.2. The summed E-state index contributed by atoms with van der Waals surface area (Å²) in [5.41, 5.74) is 2.90. The standard InChI is InChI=1S/C22H27N3O3/c1-5-6-15-25(21(26)18-11-13-20(14-12-18)24(2)3)23-16-17-7-9-19(10-8-17)22(27)28-4/h7-14,16H,5-6,15H2,1-4H3/b23-16+. The van der Waals surface area contributed by atoms with Crippen molar-refractivity contribution in [1.29, 1.82) is 0 Å². The summed E-state index contributed by atoms with van der Waals surface area (Å²) in [5, 5.41) is 5.88. The molecule has 28 heavy (non-hydrogen) atoms. The van der Waals surface area contributed by atoms with Gasteiger partial charge in [0.05, 0.1) is 18.9 Å². The van der Waals surface area contributed by atoms with Gasteiger partial charge in [0.25, 0.3) is 5.91 Å². The maximum Gasteiger partial charge on any atom is 0.337 e. The summed E-state index contributed by atoms with van der Waals surface area (Å²) < 4.78 is 4.69. The Hall–Kier alpha value is -3.15. The molecule has 0 saturated carbocycles. The Kier molecular flexibility index (Phi) is 7.75. The molecule has 0 fully saturated rings. The van der Waals surface area contributed by atoms with Crippen molar-refractivity contribution < 1.29 is 14.3 Å². The van der Waals surface area contributed by atoms with Gasteiger partial charge in [-0.1, -0.05) is 25.5 Å². The van der Waals surface area contributed by atoms with Crippen molar-refractivity contribution >= 4 is 23.8 Å². The minimum Gasteiger partial charge on any atom is -0.465 e. The van der Waals surface area contributed by atoms with Crippen molar-refractivity contribution in [2.24, 2.45) is 5.10 Å². The number of hydrogen-bond acceptors (Lipinski definition) is 5. The molecular formula is C22H27N3O3. The van der Waals surface area contributed by atoms with Crippen LogP contribution in [0.25, 0.3) is 0 Å². The highest BCUT2D eigenvalue weighted by Crippen LogP contribution is 2.15. The number of ether oxygens (including phenoxy) is 1. The molecular weight excluding hydrogens is 354 g/mol. The molecule has 0 unspecified atom stereocenters. The van der Waals surface area contributed by atoms with Crippen LogP contribution < -0.4 is 4.90 Å². The van der Waals surface area contributed by atoms with E-state index in [2.05, 4.69) is 12.0 Å². The van der Waals surface area contributed by atoms with Crippen molar-refractivity contribution in [2.75, 3.05) is 32.6 Å². The van der Waals surface area contributed by atoms with Crippen LogP contribution in [0.4, 0.5) is 5.69 Å². The molecule has 6 heteroatoms. The van der Waals surface area contributed by atoms with Gasteiger partial charge in [0.15, 0.2) is 0 Å². The highest BCUT2D eigenvalue weighted by Gasteiger charge is 2.14. The van der Waals surface area contributed by atoms with E-state index in [-0.39, 0.29) is 11.9 Å². The molecule has 2 rings (SSSR count). The lowest BCUT2D eigenvalue weighted by atomic mass is 10.1. The molecule has 2 aromatic carbocycles. The van der Waals surface area contributed by atoms with E-state index in [9.17, 15) is 9.59 Å². The van der Waals surface area contributed by atoms with E-state index in [0.29, 0.717) is 17.7 Å². The third-order valence-electron chi connectivity index (χ3n) is 4.27. The van der Waals surface area contributed by atoms with E-state index in [1.165, 1.54) is 12.1 Å². The summed E-state index contributed by atoms with van der Waals surface area (Å²) in [6, 6.07) is 14.3. The minimum absolute atomic E-state index is 0.138. The molecule has 6 nitrogen and oxygen atoms in total. The molecule has 0 radical (unpaired) electrons. The number of hydrazone groups is 1. The molecule has 2 aromatic rings. The SMILES string of the molecule is CCCCN(/N=C/c1ccc(C(=O)OC)cc1)C(=O)c1ccc(N(C)C)cc1. The lowest BCUT2D eigenvalue weighted by Crippen LogP contribution is -2.27. The van der Waals surface area contributed by atoms with E-state index < -0.39 is 0 Å². The van der Waals surface area contributed by atoms with Gasteiger partial charge in [0.2, 0.25) is 0 Å². The van der Waals surface area contributed by atoms with Crippen molar-refractivity contribution in [3.8, 4) is 0 Å². The van der Waals surface area contributed by atoms with Crippen LogP contribution in [0.3, 0.4) is 0 Å². The van der Waals surface area contributed by atoms with Gasteiger partial charge in [-0.2, -0.15) is 5.10 Å². The van der Waals surface area contributed by atoms with Crippen LogP contribution in [0.1, 0.15) is 46.0 Å². The normalized spacial score (nSPS) is 10.7. The van der Waals surface area contributed by atoms with Gasteiger partial charge >= 0.3 is 5.97 Å². The molecule has 0 N–H and O–H groups in total. The number of esters is 1. The molecule has 1 amide bonds. The van der Waals surface area contributed by atoms with Crippen LogP contribution in [-0.4, -0.2) is 50.8 Å². The zero-order chi connectivity index (χ0) is 20.5. The zero-order valence-electron chi connectivity index (χ0n) is 16.9. The summed E-state index contributed by atoms with van der Waals surface area (Å²) in [4.78, 5) is 26.4. The number of amides is 1. The maximum atomic E-state index is 12.9. The van der Waals surface area contributed by atoms with Gasteiger partial charge in [-0.05, 0) is 48.4 Å². The number of methoxy groups -OCH3 is 1. The van der Waals surface area contributed by atoms with Gasteiger partial charge in [-0.15, -0.1) is 0 Å². The van der Waals surface area contributed by atoms with Crippen molar-refractivity contribution in [1.82, 2.24) is 5.01 Å². The van der Waals surface area contributed by atoms with E-state index >= 15 is 0 Å². The molecule has 0 aliphatic rings. The first-order chi connectivity index (χ1) is 13.5. The summed E-state index contributed by atoms with van der Waals surface area (Å²) in [5.74, 6) is -0.523. The van der Waals surface area contributed by atoms with E-state index in [4.69, 9.17) is 4.74 Å². The van der Waals surface area contributed by atoms with Crippen LogP contribution >= 0.6 is 0 Å². The topological polar surface area (TPSA) is 62.2 Å². The molecule has 148 valence electrons. The van der Waals surface area contributed by atoms with E-state index in [1.54, 1.807) is 30.5 Å². The largest absolute Gasteiger partial charge is 0.465 e. The fourth-order valence-electron chi connectivity index (χ4n) is 2.53. The highest BCUT2D eigenvalue weighted by molar-refractivity contribution is 5.95. The van der Waals surface area contributed by atoms with Crippen LogP contribution in [0.15, 0.2) is 53.6 Å². The Morgan fingerprint density at radius 2 is 1.61 bits per heavy atom. The van der Waals surface area contributed by atoms with Gasteiger partial charge in [0, 0.05) is 31.9 Å². The number of anilines is 1. The predicted molar refractivity (Wildman–Crippen MR) is 112 cm³/mol. The Balaban J connectivity index is 2.16. The first-order valence-electron chi connectivity index (χ1n) is 9.28. The van der Waals surface area contributed by atoms with Gasteiger partial charge in [-0.25, -0.2) is 9.80 Å². The van der Waals surface area contributed by atoms with Crippen molar-refractivity contribution in [3.05, 3.63) is 65.2 Å². The Labute approximate surface area is 166 Å². The zero-order valence-corrected chi connectivity index (χ0v) is 16.9. The molecule has 0 aliphatic heterocycles. The van der Waals surface area contributed by atoms with Crippen molar-refractivity contribution in [3.63, 3.8) is 0 Å². The highest BCUT2D eigenvalue weighted by atomic mass is 16.5. The third kappa shape index (κ3) is 5.67. The average molecular weight is 381 g/mol.